The molecule has 0 saturated carbocycles. The first-order valence-electron chi connectivity index (χ1n) is 4.95. The fraction of sp³-hybridized carbons (Fsp3) is 0.600. The zero-order valence-corrected chi connectivity index (χ0v) is 9.06. The first-order valence-corrected chi connectivity index (χ1v) is 5.73. The van der Waals surface area contributed by atoms with Gasteiger partial charge in [0.1, 0.15) is 0 Å². The van der Waals surface area contributed by atoms with Crippen LogP contribution in [0.15, 0.2) is 6.07 Å². The van der Waals surface area contributed by atoms with Gasteiger partial charge in [-0.1, -0.05) is 0 Å². The number of nitrogens with zero attached hydrogens (tertiary/aromatic N) is 1. The highest BCUT2D eigenvalue weighted by Crippen LogP contribution is 2.16. The molecule has 1 N–H and O–H groups in total. The van der Waals surface area contributed by atoms with Crippen LogP contribution in [-0.2, 0) is 0 Å². The van der Waals surface area contributed by atoms with Gasteiger partial charge in [0.15, 0.2) is 5.78 Å². The molecule has 1 saturated heterocycles. The topological polar surface area (TPSA) is 42.0 Å². The Bertz CT molecular complexity index is 329. The second kappa shape index (κ2) is 4.19. The Hall–Kier alpha value is -0.740. The third-order valence-corrected chi connectivity index (χ3v) is 3.42. The van der Waals surface area contributed by atoms with E-state index in [1.54, 1.807) is 0 Å². The van der Waals surface area contributed by atoms with Gasteiger partial charge in [-0.15, -0.1) is 0 Å². The molecule has 14 heavy (non-hydrogen) atoms. The molecular weight excluding hydrogens is 196 g/mol. The highest BCUT2D eigenvalue weighted by atomic mass is 32.1. The molecule has 4 heteroatoms. The zero-order valence-electron chi connectivity index (χ0n) is 8.25. The minimum Gasteiger partial charge on any atom is -0.314 e. The number of nitrogens with one attached hydrogen (secondary N) is 1. The standard InChI is InChI=1S/C10H14N2OS/c1-7-5-10(14-12-7)9(13)6-8-3-2-4-11-8/h5,8,11H,2-4,6H2,1H3. The number of ketones is 1. The van der Waals surface area contributed by atoms with E-state index in [1.807, 2.05) is 13.0 Å². The number of hydrogen-bond acceptors (Lipinski definition) is 4. The summed E-state index contributed by atoms with van der Waals surface area (Å²) in [7, 11) is 0. The maximum Gasteiger partial charge on any atom is 0.175 e. The number of aromatic nitrogens is 1. The summed E-state index contributed by atoms with van der Waals surface area (Å²) in [5, 5.41) is 3.33. The van der Waals surface area contributed by atoms with Crippen molar-refractivity contribution in [3.05, 3.63) is 16.6 Å². The van der Waals surface area contributed by atoms with Crippen molar-refractivity contribution in [3.8, 4) is 0 Å². The number of hydrogen-bond donors (Lipinski definition) is 1. The molecule has 1 aromatic rings. The van der Waals surface area contributed by atoms with Gasteiger partial charge in [-0.2, -0.15) is 4.37 Å². The molecule has 3 nitrogen and oxygen atoms in total. The normalized spacial score (nSPS) is 21.4. The van der Waals surface area contributed by atoms with Crippen molar-refractivity contribution >= 4 is 17.3 Å². The first kappa shape index (κ1) is 9.80. The predicted molar refractivity (Wildman–Crippen MR) is 56.8 cm³/mol. The Morgan fingerprint density at radius 2 is 2.64 bits per heavy atom. The summed E-state index contributed by atoms with van der Waals surface area (Å²) in [6, 6.07) is 2.27. The lowest BCUT2D eigenvalue weighted by Crippen LogP contribution is -2.24. The van der Waals surface area contributed by atoms with Crippen LogP contribution in [0.3, 0.4) is 0 Å². The number of carbonyl (C=O) groups excluding carboxylic acids is 1. The highest BCUT2D eigenvalue weighted by Gasteiger charge is 2.19. The Kier molecular flexibility index (Phi) is 2.93. The summed E-state index contributed by atoms with van der Waals surface area (Å²) in [5.41, 5.74) is 0.942. The van der Waals surface area contributed by atoms with Crippen LogP contribution in [0.25, 0.3) is 0 Å². The van der Waals surface area contributed by atoms with Crippen LogP contribution in [0.1, 0.15) is 34.6 Å². The summed E-state index contributed by atoms with van der Waals surface area (Å²) in [4.78, 5) is 12.5. The van der Waals surface area contributed by atoms with Crippen LogP contribution in [0.4, 0.5) is 0 Å². The largest absolute Gasteiger partial charge is 0.314 e. The minimum atomic E-state index is 0.231. The Balaban J connectivity index is 1.95. The molecule has 76 valence electrons. The molecule has 1 unspecified atom stereocenters. The molecule has 1 fully saturated rings. The van der Waals surface area contributed by atoms with E-state index in [0.717, 1.165) is 23.5 Å². The summed E-state index contributed by atoms with van der Waals surface area (Å²) in [5.74, 6) is 0.231. The monoisotopic (exact) mass is 210 g/mol. The summed E-state index contributed by atoms with van der Waals surface area (Å²) in [6.45, 7) is 2.97. The molecular formula is C10H14N2OS. The Labute approximate surface area is 87.7 Å². The van der Waals surface area contributed by atoms with E-state index in [2.05, 4.69) is 9.69 Å². The van der Waals surface area contributed by atoms with Crippen molar-refractivity contribution in [1.29, 1.82) is 0 Å². The lowest BCUT2D eigenvalue weighted by atomic mass is 10.1. The number of carbonyl (C=O) groups is 1. The van der Waals surface area contributed by atoms with E-state index >= 15 is 0 Å². The molecule has 0 bridgehead atoms. The van der Waals surface area contributed by atoms with Gasteiger partial charge in [-0.3, -0.25) is 4.79 Å². The second-order valence-corrected chi connectivity index (χ2v) is 4.56. The number of Topliss-reactive ketones (excluding diaryl/α,β-unsaturated/α-hetero) is 1. The van der Waals surface area contributed by atoms with Gasteiger partial charge >= 0.3 is 0 Å². The fourth-order valence-electron chi connectivity index (χ4n) is 1.75. The zero-order chi connectivity index (χ0) is 9.97. The summed E-state index contributed by atoms with van der Waals surface area (Å²) in [6.07, 6.45) is 2.95. The van der Waals surface area contributed by atoms with Gasteiger partial charge < -0.3 is 5.32 Å². The van der Waals surface area contributed by atoms with Gasteiger partial charge in [0.05, 0.1) is 10.6 Å². The maximum atomic E-state index is 11.7. The molecule has 1 aromatic heterocycles. The lowest BCUT2D eigenvalue weighted by Gasteiger charge is -2.06. The van der Waals surface area contributed by atoms with E-state index in [1.165, 1.54) is 18.0 Å². The van der Waals surface area contributed by atoms with Crippen LogP contribution in [0.5, 0.6) is 0 Å². The average molecular weight is 210 g/mol. The molecule has 0 aromatic carbocycles. The van der Waals surface area contributed by atoms with Crippen LogP contribution in [0.2, 0.25) is 0 Å². The molecule has 1 aliphatic rings. The van der Waals surface area contributed by atoms with Crippen molar-refractivity contribution in [2.45, 2.75) is 32.2 Å². The van der Waals surface area contributed by atoms with Crippen LogP contribution in [-0.4, -0.2) is 22.7 Å². The third-order valence-electron chi connectivity index (χ3n) is 2.50. The Morgan fingerprint density at radius 3 is 3.21 bits per heavy atom. The van der Waals surface area contributed by atoms with Gasteiger partial charge in [0, 0.05) is 12.5 Å². The van der Waals surface area contributed by atoms with Crippen molar-refractivity contribution in [1.82, 2.24) is 9.69 Å². The quantitative estimate of drug-likeness (QED) is 0.773. The molecule has 0 spiro atoms. The van der Waals surface area contributed by atoms with E-state index in [-0.39, 0.29) is 5.78 Å². The molecule has 0 radical (unpaired) electrons. The van der Waals surface area contributed by atoms with Crippen molar-refractivity contribution in [2.75, 3.05) is 6.54 Å². The van der Waals surface area contributed by atoms with Crippen molar-refractivity contribution < 1.29 is 4.79 Å². The average Bonchev–Trinajstić information content (AvgIpc) is 2.75. The van der Waals surface area contributed by atoms with Gasteiger partial charge in [0.2, 0.25) is 0 Å². The molecule has 1 aliphatic heterocycles. The highest BCUT2D eigenvalue weighted by molar-refractivity contribution is 7.08. The van der Waals surface area contributed by atoms with Crippen LogP contribution >= 0.6 is 11.5 Å². The van der Waals surface area contributed by atoms with Crippen molar-refractivity contribution in [2.24, 2.45) is 0 Å². The number of rotatable bonds is 3. The number of aryl methyl sites for hydroxylation is 1. The third kappa shape index (κ3) is 2.19. The molecule has 0 amide bonds. The van der Waals surface area contributed by atoms with Crippen molar-refractivity contribution in [3.63, 3.8) is 0 Å². The lowest BCUT2D eigenvalue weighted by molar-refractivity contribution is 0.0975. The first-order chi connectivity index (χ1) is 6.75. The minimum absolute atomic E-state index is 0.231. The maximum absolute atomic E-state index is 11.7. The smallest absolute Gasteiger partial charge is 0.175 e. The predicted octanol–water partition coefficient (Wildman–Crippen LogP) is 1.78. The summed E-state index contributed by atoms with van der Waals surface area (Å²) < 4.78 is 4.11. The molecule has 0 aliphatic carbocycles. The van der Waals surface area contributed by atoms with Gasteiger partial charge in [0.25, 0.3) is 0 Å². The van der Waals surface area contributed by atoms with E-state index in [9.17, 15) is 4.79 Å². The Morgan fingerprint density at radius 1 is 1.79 bits per heavy atom. The molecule has 1 atom stereocenters. The summed E-state index contributed by atoms with van der Waals surface area (Å²) >= 11 is 1.31. The SMILES string of the molecule is Cc1cc(C(=O)CC2CCCN2)sn1. The fourth-order valence-corrected chi connectivity index (χ4v) is 2.45. The molecule has 2 heterocycles. The van der Waals surface area contributed by atoms with E-state index < -0.39 is 0 Å². The van der Waals surface area contributed by atoms with E-state index in [4.69, 9.17) is 0 Å². The van der Waals surface area contributed by atoms with Gasteiger partial charge in [-0.05, 0) is 43.9 Å². The van der Waals surface area contributed by atoms with Crippen LogP contribution < -0.4 is 5.32 Å². The second-order valence-electron chi connectivity index (χ2n) is 3.75. The van der Waals surface area contributed by atoms with Gasteiger partial charge in [-0.25, -0.2) is 0 Å². The molecule has 2 rings (SSSR count). The van der Waals surface area contributed by atoms with Crippen LogP contribution in [0, 0.1) is 6.92 Å². The van der Waals surface area contributed by atoms with E-state index in [0.29, 0.717) is 12.5 Å².